The molecule has 0 fully saturated rings. The van der Waals surface area contributed by atoms with E-state index in [1.807, 2.05) is 36.4 Å². The fourth-order valence-corrected chi connectivity index (χ4v) is 3.07. The van der Waals surface area contributed by atoms with Crippen LogP contribution in [-0.2, 0) is 0 Å². The minimum Gasteiger partial charge on any atom is -0.372 e. The van der Waals surface area contributed by atoms with Crippen molar-refractivity contribution >= 4 is 35.7 Å². The van der Waals surface area contributed by atoms with E-state index < -0.39 is 0 Å². The zero-order valence-corrected chi connectivity index (χ0v) is 16.3. The van der Waals surface area contributed by atoms with Crippen LogP contribution in [0.1, 0.15) is 19.4 Å². The maximum absolute atomic E-state index is 6.08. The average molecular weight is 386 g/mol. The highest BCUT2D eigenvalue weighted by Crippen LogP contribution is 2.21. The molecule has 2 aromatic carbocycles. The summed E-state index contributed by atoms with van der Waals surface area (Å²) in [4.78, 5) is 2.30. The van der Waals surface area contributed by atoms with Gasteiger partial charge < -0.3 is 4.90 Å². The molecule has 3 aromatic rings. The van der Waals surface area contributed by atoms with Crippen LogP contribution in [-0.4, -0.2) is 34.2 Å². The first kappa shape index (κ1) is 18.4. The summed E-state index contributed by atoms with van der Waals surface area (Å²) < 4.78 is 2.02. The summed E-state index contributed by atoms with van der Waals surface area (Å²) >= 11 is 11.4. The summed E-state index contributed by atoms with van der Waals surface area (Å²) in [5.41, 5.74) is 3.03. The van der Waals surface area contributed by atoms with E-state index in [4.69, 9.17) is 23.8 Å². The van der Waals surface area contributed by atoms with Crippen LogP contribution < -0.4 is 4.90 Å². The molecule has 0 atom stereocenters. The first-order valence-electron chi connectivity index (χ1n) is 8.45. The Balaban J connectivity index is 1.87. The predicted molar refractivity (Wildman–Crippen MR) is 111 cm³/mol. The van der Waals surface area contributed by atoms with Crippen LogP contribution in [0.25, 0.3) is 11.4 Å². The first-order chi connectivity index (χ1) is 12.6. The topological polar surface area (TPSA) is 49.2 Å². The summed E-state index contributed by atoms with van der Waals surface area (Å²) in [6.07, 6.45) is 1.77. The van der Waals surface area contributed by atoms with Gasteiger partial charge >= 0.3 is 0 Å². The highest BCUT2D eigenvalue weighted by atomic mass is 35.5. The molecule has 0 saturated carbocycles. The van der Waals surface area contributed by atoms with Crippen LogP contribution in [0.2, 0.25) is 5.02 Å². The molecule has 7 heteroatoms. The van der Waals surface area contributed by atoms with Gasteiger partial charge in [0.15, 0.2) is 5.82 Å². The molecule has 26 heavy (non-hydrogen) atoms. The Morgan fingerprint density at radius 2 is 1.92 bits per heavy atom. The molecule has 0 unspecified atom stereocenters. The third-order valence-electron chi connectivity index (χ3n) is 4.08. The third kappa shape index (κ3) is 4.03. The van der Waals surface area contributed by atoms with Crippen molar-refractivity contribution in [3.05, 3.63) is 63.9 Å². The van der Waals surface area contributed by atoms with Crippen LogP contribution in [0, 0.1) is 4.77 Å². The summed E-state index contributed by atoms with van der Waals surface area (Å²) in [6, 6.07) is 15.7. The Labute approximate surface area is 162 Å². The second kappa shape index (κ2) is 8.29. The van der Waals surface area contributed by atoms with Gasteiger partial charge in [0, 0.05) is 29.4 Å². The quantitative estimate of drug-likeness (QED) is 0.480. The van der Waals surface area contributed by atoms with Gasteiger partial charge in [-0.2, -0.15) is 14.9 Å². The van der Waals surface area contributed by atoms with Gasteiger partial charge in [0.1, 0.15) is 0 Å². The molecule has 1 N–H and O–H groups in total. The molecule has 5 nitrogen and oxygen atoms in total. The van der Waals surface area contributed by atoms with Gasteiger partial charge in [-0.25, -0.2) is 5.10 Å². The Morgan fingerprint density at radius 3 is 2.58 bits per heavy atom. The fraction of sp³-hybridized carbons (Fsp3) is 0.211. The molecular weight excluding hydrogens is 366 g/mol. The minimum atomic E-state index is 0.427. The van der Waals surface area contributed by atoms with Crippen molar-refractivity contribution in [2.45, 2.75) is 13.8 Å². The Hall–Kier alpha value is -2.44. The number of benzene rings is 2. The van der Waals surface area contributed by atoms with Crippen molar-refractivity contribution in [2.75, 3.05) is 18.0 Å². The van der Waals surface area contributed by atoms with Gasteiger partial charge in [0.25, 0.3) is 0 Å². The van der Waals surface area contributed by atoms with Crippen molar-refractivity contribution in [1.82, 2.24) is 14.9 Å². The molecule has 1 aromatic heterocycles. The number of anilines is 1. The highest BCUT2D eigenvalue weighted by Gasteiger charge is 2.08. The molecule has 0 radical (unpaired) electrons. The largest absolute Gasteiger partial charge is 0.372 e. The van der Waals surface area contributed by atoms with Crippen LogP contribution in [0.3, 0.4) is 0 Å². The van der Waals surface area contributed by atoms with E-state index in [9.17, 15) is 0 Å². The molecule has 0 amide bonds. The van der Waals surface area contributed by atoms with Crippen molar-refractivity contribution in [3.8, 4) is 11.4 Å². The predicted octanol–water partition coefficient (Wildman–Crippen LogP) is 4.99. The minimum absolute atomic E-state index is 0.427. The second-order valence-corrected chi connectivity index (χ2v) is 6.51. The zero-order chi connectivity index (χ0) is 18.5. The number of nitrogens with zero attached hydrogens (tertiary/aromatic N) is 4. The maximum Gasteiger partial charge on any atom is 0.216 e. The summed E-state index contributed by atoms with van der Waals surface area (Å²) in [7, 11) is 0. The van der Waals surface area contributed by atoms with E-state index in [2.05, 4.69) is 46.2 Å². The van der Waals surface area contributed by atoms with Crippen molar-refractivity contribution in [3.63, 3.8) is 0 Å². The number of aromatic nitrogens is 3. The summed E-state index contributed by atoms with van der Waals surface area (Å²) in [6.45, 7) is 6.27. The molecule has 0 aliphatic carbocycles. The lowest BCUT2D eigenvalue weighted by molar-refractivity contribution is 0.865. The molecule has 0 aliphatic rings. The van der Waals surface area contributed by atoms with Crippen LogP contribution in [0.15, 0.2) is 53.6 Å². The number of H-pyrrole nitrogens is 1. The molecule has 0 spiro atoms. The number of hydrogen-bond acceptors (Lipinski definition) is 4. The second-order valence-electron chi connectivity index (χ2n) is 5.68. The first-order valence-corrected chi connectivity index (χ1v) is 9.23. The van der Waals surface area contributed by atoms with Gasteiger partial charge in [-0.05, 0) is 55.9 Å². The number of hydrogen-bond donors (Lipinski definition) is 1. The van der Waals surface area contributed by atoms with Gasteiger partial charge in [-0.3, -0.25) is 0 Å². The summed E-state index contributed by atoms with van der Waals surface area (Å²) in [5, 5.41) is 12.2. The Bertz CT molecular complexity index is 955. The lowest BCUT2D eigenvalue weighted by atomic mass is 10.2. The highest BCUT2D eigenvalue weighted by molar-refractivity contribution is 7.71. The SMILES string of the molecule is CCN(CC)c1ccc(/C=N/n2c(-c3cccc(Cl)c3)n[nH]c2=S)cc1. The fourth-order valence-electron chi connectivity index (χ4n) is 2.70. The van der Waals surface area contributed by atoms with Crippen molar-refractivity contribution in [2.24, 2.45) is 5.10 Å². The lowest BCUT2D eigenvalue weighted by Gasteiger charge is -2.20. The molecule has 3 rings (SSSR count). The molecule has 0 saturated heterocycles. The van der Waals surface area contributed by atoms with Crippen LogP contribution >= 0.6 is 23.8 Å². The lowest BCUT2D eigenvalue weighted by Crippen LogP contribution is -2.21. The number of aromatic amines is 1. The van der Waals surface area contributed by atoms with Gasteiger partial charge in [0.05, 0.1) is 6.21 Å². The monoisotopic (exact) mass is 385 g/mol. The Morgan fingerprint density at radius 1 is 1.19 bits per heavy atom. The van der Waals surface area contributed by atoms with Gasteiger partial charge in [0.2, 0.25) is 4.77 Å². The molecule has 0 bridgehead atoms. The number of rotatable bonds is 6. The molecule has 134 valence electrons. The van der Waals surface area contributed by atoms with Crippen molar-refractivity contribution in [1.29, 1.82) is 0 Å². The average Bonchev–Trinajstić information content (AvgIpc) is 3.03. The van der Waals surface area contributed by atoms with Crippen LogP contribution in [0.5, 0.6) is 0 Å². The van der Waals surface area contributed by atoms with E-state index in [1.165, 1.54) is 5.69 Å². The van der Waals surface area contributed by atoms with E-state index in [0.29, 0.717) is 15.6 Å². The van der Waals surface area contributed by atoms with Gasteiger partial charge in [-0.1, -0.05) is 35.9 Å². The molecule has 1 heterocycles. The third-order valence-corrected chi connectivity index (χ3v) is 4.58. The Kier molecular flexibility index (Phi) is 5.85. The maximum atomic E-state index is 6.08. The van der Waals surface area contributed by atoms with E-state index in [1.54, 1.807) is 10.9 Å². The number of halogens is 1. The standard InChI is InChI=1S/C19H20ClN5S/c1-3-24(4-2)17-10-8-14(9-11-17)13-21-25-18(22-23-19(25)26)15-6-5-7-16(20)12-15/h5-13H,3-4H2,1-2H3,(H,23,26)/b21-13+. The van der Waals surface area contributed by atoms with Crippen LogP contribution in [0.4, 0.5) is 5.69 Å². The van der Waals surface area contributed by atoms with Crippen molar-refractivity contribution < 1.29 is 0 Å². The zero-order valence-electron chi connectivity index (χ0n) is 14.7. The molecular formula is C19H20ClN5S. The molecule has 0 aliphatic heterocycles. The van der Waals surface area contributed by atoms with Gasteiger partial charge in [-0.15, -0.1) is 0 Å². The van der Waals surface area contributed by atoms with E-state index in [-0.39, 0.29) is 0 Å². The smallest absolute Gasteiger partial charge is 0.216 e. The normalized spacial score (nSPS) is 11.2. The van der Waals surface area contributed by atoms with E-state index >= 15 is 0 Å². The number of nitrogens with one attached hydrogen (secondary N) is 1. The summed E-state index contributed by atoms with van der Waals surface area (Å²) in [5.74, 6) is 0.619. The van der Waals surface area contributed by atoms with E-state index in [0.717, 1.165) is 24.2 Å².